The van der Waals surface area contributed by atoms with Gasteiger partial charge in [-0.3, -0.25) is 4.79 Å². The van der Waals surface area contributed by atoms with Crippen molar-refractivity contribution >= 4 is 34.5 Å². The molecule has 0 unspecified atom stereocenters. The molecule has 2 aromatic rings. The SMILES string of the molecule is CN1C(=C[C]=O)Sc2ccc3ccccc3c21. The molecule has 0 amide bonds. The summed E-state index contributed by atoms with van der Waals surface area (Å²) in [7, 11) is 1.98. The molecule has 0 bridgehead atoms. The lowest BCUT2D eigenvalue weighted by Gasteiger charge is -2.14. The molecule has 0 atom stereocenters. The minimum absolute atomic E-state index is 0.923. The van der Waals surface area contributed by atoms with Gasteiger partial charge in [-0.25, -0.2) is 0 Å². The fraction of sp³-hybridized carbons (Fsp3) is 0.0714. The standard InChI is InChI=1S/C14H10NOS/c1-15-13(8-9-16)17-12-7-6-10-4-2-3-5-11(10)14(12)15/h2-8H,1H3. The number of benzene rings is 2. The molecule has 83 valence electrons. The van der Waals surface area contributed by atoms with Crippen LogP contribution in [0.15, 0.2) is 52.4 Å². The summed E-state index contributed by atoms with van der Waals surface area (Å²) in [5, 5.41) is 3.36. The molecule has 1 radical (unpaired) electrons. The Morgan fingerprint density at radius 1 is 1.24 bits per heavy atom. The molecule has 17 heavy (non-hydrogen) atoms. The normalized spacial score (nSPS) is 16.5. The summed E-state index contributed by atoms with van der Waals surface area (Å²) in [6, 6.07) is 12.5. The van der Waals surface area contributed by atoms with Gasteiger partial charge < -0.3 is 4.90 Å². The fourth-order valence-corrected chi connectivity index (χ4v) is 3.17. The van der Waals surface area contributed by atoms with E-state index < -0.39 is 0 Å². The van der Waals surface area contributed by atoms with Crippen molar-refractivity contribution in [3.8, 4) is 0 Å². The van der Waals surface area contributed by atoms with E-state index in [0.717, 1.165) is 5.03 Å². The Bertz CT molecular complexity index is 633. The van der Waals surface area contributed by atoms with Crippen LogP contribution < -0.4 is 4.90 Å². The second-order valence-corrected chi connectivity index (χ2v) is 4.96. The molecule has 3 heteroatoms. The number of hydrogen-bond acceptors (Lipinski definition) is 3. The highest BCUT2D eigenvalue weighted by atomic mass is 32.2. The number of hydrogen-bond donors (Lipinski definition) is 0. The molecule has 0 saturated heterocycles. The smallest absolute Gasteiger partial charge is 0.228 e. The minimum atomic E-state index is 0.923. The minimum Gasteiger partial charge on any atom is -0.338 e. The van der Waals surface area contributed by atoms with Gasteiger partial charge in [-0.2, -0.15) is 0 Å². The summed E-state index contributed by atoms with van der Waals surface area (Å²) in [4.78, 5) is 13.7. The first-order valence-corrected chi connectivity index (χ1v) is 6.14. The van der Waals surface area contributed by atoms with Gasteiger partial charge in [-0.15, -0.1) is 0 Å². The lowest BCUT2D eigenvalue weighted by atomic mass is 10.1. The van der Waals surface area contributed by atoms with Crippen LogP contribution in [0.5, 0.6) is 0 Å². The second kappa shape index (κ2) is 3.93. The van der Waals surface area contributed by atoms with Gasteiger partial charge in [0.15, 0.2) is 0 Å². The monoisotopic (exact) mass is 240 g/mol. The van der Waals surface area contributed by atoms with Crippen molar-refractivity contribution in [2.75, 3.05) is 11.9 Å². The number of thioether (sulfide) groups is 1. The van der Waals surface area contributed by atoms with Gasteiger partial charge in [-0.05, 0) is 11.5 Å². The maximum absolute atomic E-state index is 10.5. The van der Waals surface area contributed by atoms with Gasteiger partial charge in [0.25, 0.3) is 0 Å². The summed E-state index contributed by atoms with van der Waals surface area (Å²) < 4.78 is 0. The molecule has 1 aliphatic heterocycles. The fourth-order valence-electron chi connectivity index (χ4n) is 2.13. The van der Waals surface area contributed by atoms with E-state index in [-0.39, 0.29) is 0 Å². The van der Waals surface area contributed by atoms with Crippen molar-refractivity contribution in [1.29, 1.82) is 0 Å². The Labute approximate surface area is 104 Å². The van der Waals surface area contributed by atoms with E-state index in [4.69, 9.17) is 0 Å². The second-order valence-electron chi connectivity index (χ2n) is 3.89. The molecular formula is C14H10NOS. The molecule has 0 N–H and O–H groups in total. The Morgan fingerprint density at radius 2 is 2.06 bits per heavy atom. The number of fused-ring (bicyclic) bond motifs is 3. The van der Waals surface area contributed by atoms with E-state index in [9.17, 15) is 4.79 Å². The molecule has 1 heterocycles. The first-order valence-electron chi connectivity index (χ1n) is 5.32. The summed E-state index contributed by atoms with van der Waals surface area (Å²) in [5.41, 5.74) is 1.18. The molecule has 2 nitrogen and oxygen atoms in total. The third kappa shape index (κ3) is 1.54. The average molecular weight is 240 g/mol. The maximum atomic E-state index is 10.5. The zero-order valence-electron chi connectivity index (χ0n) is 9.31. The lowest BCUT2D eigenvalue weighted by Crippen LogP contribution is -2.10. The molecule has 0 fully saturated rings. The highest BCUT2D eigenvalue weighted by molar-refractivity contribution is 8.03. The van der Waals surface area contributed by atoms with Crippen molar-refractivity contribution in [3.05, 3.63) is 47.5 Å². The zero-order valence-corrected chi connectivity index (χ0v) is 10.1. The Morgan fingerprint density at radius 3 is 2.88 bits per heavy atom. The van der Waals surface area contributed by atoms with Crippen LogP contribution in [0.2, 0.25) is 0 Å². The van der Waals surface area contributed by atoms with Crippen LogP contribution in [0.1, 0.15) is 0 Å². The number of allylic oxidation sites excluding steroid dienone is 1. The number of nitrogens with zero attached hydrogens (tertiary/aromatic N) is 1. The van der Waals surface area contributed by atoms with E-state index in [1.54, 1.807) is 11.8 Å². The molecule has 0 spiro atoms. The molecule has 3 rings (SSSR count). The van der Waals surface area contributed by atoms with Crippen molar-refractivity contribution in [2.45, 2.75) is 4.90 Å². The van der Waals surface area contributed by atoms with E-state index in [1.165, 1.54) is 27.4 Å². The third-order valence-corrected chi connectivity index (χ3v) is 4.08. The van der Waals surface area contributed by atoms with E-state index >= 15 is 0 Å². The van der Waals surface area contributed by atoms with Crippen LogP contribution in [-0.2, 0) is 4.79 Å². The van der Waals surface area contributed by atoms with Gasteiger partial charge in [0.2, 0.25) is 6.29 Å². The van der Waals surface area contributed by atoms with Crippen LogP contribution in [0.4, 0.5) is 5.69 Å². The summed E-state index contributed by atoms with van der Waals surface area (Å²) >= 11 is 1.61. The van der Waals surface area contributed by atoms with E-state index in [1.807, 2.05) is 30.4 Å². The molecule has 0 aromatic heterocycles. The van der Waals surface area contributed by atoms with Crippen molar-refractivity contribution in [2.24, 2.45) is 0 Å². The van der Waals surface area contributed by atoms with Crippen LogP contribution in [-0.4, -0.2) is 13.3 Å². The first kappa shape index (κ1) is 10.4. The number of rotatable bonds is 1. The Kier molecular flexibility index (Phi) is 2.41. The van der Waals surface area contributed by atoms with E-state index in [2.05, 4.69) is 24.3 Å². The van der Waals surface area contributed by atoms with Gasteiger partial charge in [-0.1, -0.05) is 42.1 Å². The zero-order chi connectivity index (χ0) is 11.8. The summed E-state index contributed by atoms with van der Waals surface area (Å²) in [6.45, 7) is 0. The van der Waals surface area contributed by atoms with Gasteiger partial charge >= 0.3 is 0 Å². The maximum Gasteiger partial charge on any atom is 0.228 e. The van der Waals surface area contributed by atoms with E-state index in [0.29, 0.717) is 0 Å². The highest BCUT2D eigenvalue weighted by Gasteiger charge is 2.23. The molecular weight excluding hydrogens is 230 g/mol. The van der Waals surface area contributed by atoms with Gasteiger partial charge in [0.05, 0.1) is 10.7 Å². The van der Waals surface area contributed by atoms with Crippen LogP contribution in [0, 0.1) is 0 Å². The number of carbonyl (C=O) groups excluding carboxylic acids is 1. The molecule has 0 aliphatic carbocycles. The predicted octanol–water partition coefficient (Wildman–Crippen LogP) is 3.33. The Hall–Kier alpha value is -1.74. The average Bonchev–Trinajstić information content (AvgIpc) is 2.67. The molecule has 0 saturated carbocycles. The lowest BCUT2D eigenvalue weighted by molar-refractivity contribution is 0.564. The quantitative estimate of drug-likeness (QED) is 0.713. The molecule has 2 aromatic carbocycles. The van der Waals surface area contributed by atoms with Crippen molar-refractivity contribution in [1.82, 2.24) is 0 Å². The van der Waals surface area contributed by atoms with Crippen LogP contribution in [0.3, 0.4) is 0 Å². The first-order chi connectivity index (χ1) is 8.31. The van der Waals surface area contributed by atoms with Crippen LogP contribution >= 0.6 is 11.8 Å². The van der Waals surface area contributed by atoms with Gasteiger partial charge in [0.1, 0.15) is 0 Å². The van der Waals surface area contributed by atoms with Crippen molar-refractivity contribution < 1.29 is 4.79 Å². The number of anilines is 1. The highest BCUT2D eigenvalue weighted by Crippen LogP contribution is 2.48. The summed E-state index contributed by atoms with van der Waals surface area (Å²) in [6.07, 6.45) is 3.33. The third-order valence-electron chi connectivity index (χ3n) is 2.93. The Balaban J connectivity index is 2.27. The van der Waals surface area contributed by atoms with Gasteiger partial charge in [0, 0.05) is 23.4 Å². The molecule has 1 aliphatic rings. The van der Waals surface area contributed by atoms with Crippen molar-refractivity contribution in [3.63, 3.8) is 0 Å². The predicted molar refractivity (Wildman–Crippen MR) is 72.0 cm³/mol. The summed E-state index contributed by atoms with van der Waals surface area (Å²) in [5.74, 6) is 0. The topological polar surface area (TPSA) is 20.3 Å². The largest absolute Gasteiger partial charge is 0.338 e. The van der Waals surface area contributed by atoms with Crippen LogP contribution in [0.25, 0.3) is 10.8 Å².